The molecule has 3 nitrogen and oxygen atoms in total. The highest BCUT2D eigenvalue weighted by molar-refractivity contribution is 5.91. The minimum absolute atomic E-state index is 0.0214. The van der Waals surface area contributed by atoms with Crippen LogP contribution in [0.1, 0.15) is 6.42 Å². The number of aryl methyl sites for hydroxylation is 1. The summed E-state index contributed by atoms with van der Waals surface area (Å²) in [7, 11) is 1.77. The summed E-state index contributed by atoms with van der Waals surface area (Å²) in [4.78, 5) is 11.8. The predicted octanol–water partition coefficient (Wildman–Crippen LogP) is 1.97. The van der Waals surface area contributed by atoms with Crippen LogP contribution in [0.15, 0.2) is 35.1 Å². The van der Waals surface area contributed by atoms with Crippen LogP contribution in [-0.2, 0) is 7.05 Å². The van der Waals surface area contributed by atoms with Gasteiger partial charge in [-0.1, -0.05) is 18.2 Å². The van der Waals surface area contributed by atoms with Crippen LogP contribution in [0.3, 0.4) is 0 Å². The maximum atomic E-state index is 11.8. The number of benzene rings is 1. The van der Waals surface area contributed by atoms with Crippen molar-refractivity contribution in [3.63, 3.8) is 0 Å². The van der Waals surface area contributed by atoms with Crippen molar-refractivity contribution in [2.45, 2.75) is 6.42 Å². The number of pyridine rings is 1. The maximum absolute atomic E-state index is 11.8. The van der Waals surface area contributed by atoms with Crippen LogP contribution in [0.2, 0.25) is 0 Å². The van der Waals surface area contributed by atoms with E-state index in [1.165, 1.54) is 0 Å². The van der Waals surface area contributed by atoms with Crippen molar-refractivity contribution in [1.29, 1.82) is 0 Å². The fourth-order valence-electron chi connectivity index (χ4n) is 1.83. The zero-order valence-electron chi connectivity index (χ0n) is 9.73. The molecule has 0 aliphatic rings. The number of aromatic nitrogens is 1. The Kier molecular flexibility index (Phi) is 3.15. The van der Waals surface area contributed by atoms with Crippen molar-refractivity contribution in [3.05, 3.63) is 40.7 Å². The van der Waals surface area contributed by atoms with E-state index in [4.69, 9.17) is 6.42 Å². The third-order valence-corrected chi connectivity index (χ3v) is 2.74. The standard InChI is InChI=1S/C14H14N2O/c1-3-4-9-15-12-10-14(17)16(2)13-8-6-5-7-11(12)13/h1,5-8,10,15H,4,9H2,2H3. The molecular formula is C14H14N2O. The molecule has 0 saturated heterocycles. The lowest BCUT2D eigenvalue weighted by atomic mass is 10.2. The van der Waals surface area contributed by atoms with Crippen molar-refractivity contribution < 1.29 is 0 Å². The van der Waals surface area contributed by atoms with Crippen LogP contribution >= 0.6 is 0 Å². The Labute approximate surface area is 100 Å². The van der Waals surface area contributed by atoms with Crippen molar-refractivity contribution in [2.24, 2.45) is 7.05 Å². The Hall–Kier alpha value is -2.21. The minimum Gasteiger partial charge on any atom is -0.383 e. The predicted molar refractivity (Wildman–Crippen MR) is 71.1 cm³/mol. The molecule has 2 rings (SSSR count). The lowest BCUT2D eigenvalue weighted by Gasteiger charge is -2.11. The van der Waals surface area contributed by atoms with Gasteiger partial charge in [0.25, 0.3) is 5.56 Å². The van der Waals surface area contributed by atoms with Crippen molar-refractivity contribution in [2.75, 3.05) is 11.9 Å². The quantitative estimate of drug-likeness (QED) is 0.641. The number of para-hydroxylation sites is 1. The van der Waals surface area contributed by atoms with Gasteiger partial charge in [-0.05, 0) is 6.07 Å². The van der Waals surface area contributed by atoms with E-state index in [0.717, 1.165) is 16.6 Å². The second-order valence-electron chi connectivity index (χ2n) is 3.85. The molecule has 0 spiro atoms. The first-order valence-corrected chi connectivity index (χ1v) is 5.50. The van der Waals surface area contributed by atoms with Crippen LogP contribution in [0.25, 0.3) is 10.9 Å². The fourth-order valence-corrected chi connectivity index (χ4v) is 1.83. The second kappa shape index (κ2) is 4.75. The van der Waals surface area contributed by atoms with Gasteiger partial charge in [0.15, 0.2) is 0 Å². The minimum atomic E-state index is -0.0214. The molecule has 0 aliphatic carbocycles. The van der Waals surface area contributed by atoms with Gasteiger partial charge >= 0.3 is 0 Å². The van der Waals surface area contributed by atoms with Crippen LogP contribution in [0, 0.1) is 12.3 Å². The molecule has 17 heavy (non-hydrogen) atoms. The fraction of sp³-hybridized carbons (Fsp3) is 0.214. The summed E-state index contributed by atoms with van der Waals surface area (Å²) in [6.45, 7) is 0.674. The largest absolute Gasteiger partial charge is 0.383 e. The summed E-state index contributed by atoms with van der Waals surface area (Å²) in [6, 6.07) is 9.42. The highest BCUT2D eigenvalue weighted by Gasteiger charge is 2.04. The molecule has 0 saturated carbocycles. The molecule has 0 bridgehead atoms. The van der Waals surface area contributed by atoms with Gasteiger partial charge in [0, 0.05) is 37.2 Å². The highest BCUT2D eigenvalue weighted by Crippen LogP contribution is 2.20. The van der Waals surface area contributed by atoms with Crippen LogP contribution < -0.4 is 10.9 Å². The van der Waals surface area contributed by atoms with E-state index in [2.05, 4.69) is 11.2 Å². The Morgan fingerprint density at radius 1 is 1.41 bits per heavy atom. The summed E-state index contributed by atoms with van der Waals surface area (Å²) in [5.74, 6) is 2.57. The van der Waals surface area contributed by atoms with Crippen molar-refractivity contribution in [3.8, 4) is 12.3 Å². The first-order chi connectivity index (χ1) is 8.24. The van der Waals surface area contributed by atoms with Gasteiger partial charge in [-0.3, -0.25) is 4.79 Å². The normalized spacial score (nSPS) is 10.1. The van der Waals surface area contributed by atoms with E-state index < -0.39 is 0 Å². The Balaban J connectivity index is 2.52. The molecule has 0 fully saturated rings. The molecule has 3 heteroatoms. The second-order valence-corrected chi connectivity index (χ2v) is 3.85. The van der Waals surface area contributed by atoms with E-state index in [9.17, 15) is 4.79 Å². The van der Waals surface area contributed by atoms with Gasteiger partial charge in [0.1, 0.15) is 0 Å². The lowest BCUT2D eigenvalue weighted by Crippen LogP contribution is -2.17. The molecule has 0 aliphatic heterocycles. The summed E-state index contributed by atoms with van der Waals surface area (Å²) in [5, 5.41) is 4.23. The Bertz CT molecular complexity index is 635. The monoisotopic (exact) mass is 226 g/mol. The number of nitrogens with zero attached hydrogens (tertiary/aromatic N) is 1. The van der Waals surface area contributed by atoms with Gasteiger partial charge in [0.2, 0.25) is 0 Å². The van der Waals surface area contributed by atoms with Crippen LogP contribution in [0.4, 0.5) is 5.69 Å². The first kappa shape index (κ1) is 11.3. The molecule has 0 amide bonds. The van der Waals surface area contributed by atoms with E-state index in [-0.39, 0.29) is 5.56 Å². The van der Waals surface area contributed by atoms with Gasteiger partial charge in [-0.15, -0.1) is 12.3 Å². The smallest absolute Gasteiger partial charge is 0.252 e. The number of terminal acetylenes is 1. The number of nitrogens with one attached hydrogen (secondary N) is 1. The number of rotatable bonds is 3. The molecule has 1 aromatic carbocycles. The number of hydrogen-bond acceptors (Lipinski definition) is 2. The molecule has 0 radical (unpaired) electrons. The third kappa shape index (κ3) is 2.16. The average molecular weight is 226 g/mol. The zero-order chi connectivity index (χ0) is 12.3. The van der Waals surface area contributed by atoms with E-state index in [1.54, 1.807) is 17.7 Å². The van der Waals surface area contributed by atoms with Gasteiger partial charge < -0.3 is 9.88 Å². The lowest BCUT2D eigenvalue weighted by molar-refractivity contribution is 0.905. The molecule has 0 unspecified atom stereocenters. The van der Waals surface area contributed by atoms with E-state index >= 15 is 0 Å². The molecule has 1 N–H and O–H groups in total. The Morgan fingerprint density at radius 2 is 2.18 bits per heavy atom. The summed E-state index contributed by atoms with van der Waals surface area (Å²) in [6.07, 6.45) is 5.85. The highest BCUT2D eigenvalue weighted by atomic mass is 16.1. The SMILES string of the molecule is C#CCCNc1cc(=O)n(C)c2ccccc12. The summed E-state index contributed by atoms with van der Waals surface area (Å²) in [5.41, 5.74) is 1.74. The molecule has 1 aromatic heterocycles. The third-order valence-electron chi connectivity index (χ3n) is 2.74. The Morgan fingerprint density at radius 3 is 2.94 bits per heavy atom. The van der Waals surface area contributed by atoms with Crippen molar-refractivity contribution >= 4 is 16.6 Å². The molecular weight excluding hydrogens is 212 g/mol. The molecule has 2 aromatic rings. The zero-order valence-corrected chi connectivity index (χ0v) is 9.73. The maximum Gasteiger partial charge on any atom is 0.252 e. The number of hydrogen-bond donors (Lipinski definition) is 1. The average Bonchev–Trinajstić information content (AvgIpc) is 2.36. The number of anilines is 1. The van der Waals surface area contributed by atoms with E-state index in [0.29, 0.717) is 13.0 Å². The van der Waals surface area contributed by atoms with Crippen molar-refractivity contribution in [1.82, 2.24) is 4.57 Å². The molecule has 86 valence electrons. The summed E-state index contributed by atoms with van der Waals surface area (Å²) < 4.78 is 1.64. The van der Waals surface area contributed by atoms with Gasteiger partial charge in [0.05, 0.1) is 5.52 Å². The molecule has 1 heterocycles. The topological polar surface area (TPSA) is 34.0 Å². The van der Waals surface area contributed by atoms with Gasteiger partial charge in [-0.2, -0.15) is 0 Å². The first-order valence-electron chi connectivity index (χ1n) is 5.50. The summed E-state index contributed by atoms with van der Waals surface area (Å²) >= 11 is 0. The molecule has 0 atom stereocenters. The van der Waals surface area contributed by atoms with Gasteiger partial charge in [-0.25, -0.2) is 0 Å². The van der Waals surface area contributed by atoms with E-state index in [1.807, 2.05) is 24.3 Å². The van der Waals surface area contributed by atoms with Crippen LogP contribution in [-0.4, -0.2) is 11.1 Å². The number of fused-ring (bicyclic) bond motifs is 1. The van der Waals surface area contributed by atoms with Crippen LogP contribution in [0.5, 0.6) is 0 Å².